The van der Waals surface area contributed by atoms with E-state index in [1.54, 1.807) is 12.1 Å². The molecule has 0 bridgehead atoms. The van der Waals surface area contributed by atoms with Crippen LogP contribution in [0.5, 0.6) is 0 Å². The molecule has 0 saturated carbocycles. The van der Waals surface area contributed by atoms with Gasteiger partial charge in [0.2, 0.25) is 15.9 Å². The van der Waals surface area contributed by atoms with Crippen LogP contribution in [0.2, 0.25) is 0 Å². The predicted molar refractivity (Wildman–Crippen MR) is 96.8 cm³/mol. The van der Waals surface area contributed by atoms with E-state index in [2.05, 4.69) is 10.0 Å². The summed E-state index contributed by atoms with van der Waals surface area (Å²) < 4.78 is 27.7. The quantitative estimate of drug-likeness (QED) is 0.873. The molecular formula is C18H19N3O3S. The van der Waals surface area contributed by atoms with Crippen LogP contribution in [0.3, 0.4) is 0 Å². The highest BCUT2D eigenvalue weighted by atomic mass is 32.2. The maximum atomic E-state index is 12.5. The van der Waals surface area contributed by atoms with Crippen molar-refractivity contribution in [3.63, 3.8) is 0 Å². The molecule has 2 unspecified atom stereocenters. The summed E-state index contributed by atoms with van der Waals surface area (Å²) in [6.07, 6.45) is 0.466. The lowest BCUT2D eigenvalue weighted by molar-refractivity contribution is -0.117. The van der Waals surface area contributed by atoms with Gasteiger partial charge in [0.15, 0.2) is 0 Å². The summed E-state index contributed by atoms with van der Waals surface area (Å²) in [7, 11) is -3.46. The molecule has 130 valence electrons. The van der Waals surface area contributed by atoms with Gasteiger partial charge in [-0.05, 0) is 24.1 Å². The maximum absolute atomic E-state index is 12.5. The third-order valence-electron chi connectivity index (χ3n) is 4.62. The Hall–Kier alpha value is -2.38. The van der Waals surface area contributed by atoms with Gasteiger partial charge in [-0.2, -0.15) is 0 Å². The van der Waals surface area contributed by atoms with E-state index in [0.717, 1.165) is 16.9 Å². The van der Waals surface area contributed by atoms with Gasteiger partial charge in [-0.15, -0.1) is 0 Å². The van der Waals surface area contributed by atoms with E-state index >= 15 is 0 Å². The Morgan fingerprint density at radius 3 is 2.60 bits per heavy atom. The van der Waals surface area contributed by atoms with Crippen LogP contribution < -0.4 is 14.9 Å². The SMILES string of the molecule is O=C1Nc2ccccc2N2CC(NS(=O)(=O)Cc3ccccc3)CC12. The van der Waals surface area contributed by atoms with Crippen LogP contribution in [0, 0.1) is 0 Å². The van der Waals surface area contributed by atoms with Crippen LogP contribution in [0.4, 0.5) is 11.4 Å². The van der Waals surface area contributed by atoms with Crippen molar-refractivity contribution in [3.05, 3.63) is 60.2 Å². The van der Waals surface area contributed by atoms with Crippen molar-refractivity contribution < 1.29 is 13.2 Å². The zero-order valence-electron chi connectivity index (χ0n) is 13.6. The summed E-state index contributed by atoms with van der Waals surface area (Å²) in [5.41, 5.74) is 2.46. The van der Waals surface area contributed by atoms with E-state index in [-0.39, 0.29) is 23.7 Å². The van der Waals surface area contributed by atoms with Crippen LogP contribution in [-0.4, -0.2) is 33.0 Å². The first-order chi connectivity index (χ1) is 12.0. The number of rotatable bonds is 4. The summed E-state index contributed by atoms with van der Waals surface area (Å²) in [5.74, 6) is -0.138. The third kappa shape index (κ3) is 3.25. The average molecular weight is 357 g/mol. The molecule has 2 N–H and O–H groups in total. The molecular weight excluding hydrogens is 338 g/mol. The standard InChI is InChI=1S/C18H19N3O3S/c22-18-17-10-14(11-21(17)16-9-5-4-8-15(16)19-18)20-25(23,24)12-13-6-2-1-3-7-13/h1-9,14,17,20H,10-12H2,(H,19,22). The predicted octanol–water partition coefficient (Wildman–Crippen LogP) is 1.71. The number of amides is 1. The molecule has 0 radical (unpaired) electrons. The summed E-state index contributed by atoms with van der Waals surface area (Å²) in [5, 5.41) is 2.90. The van der Waals surface area contributed by atoms with E-state index < -0.39 is 10.0 Å². The van der Waals surface area contributed by atoms with Crippen LogP contribution in [-0.2, 0) is 20.6 Å². The summed E-state index contributed by atoms with van der Waals surface area (Å²) in [4.78, 5) is 14.3. The highest BCUT2D eigenvalue weighted by molar-refractivity contribution is 7.88. The van der Waals surface area contributed by atoms with Gasteiger partial charge in [0.05, 0.1) is 17.1 Å². The van der Waals surface area contributed by atoms with Gasteiger partial charge in [0, 0.05) is 12.6 Å². The van der Waals surface area contributed by atoms with Crippen LogP contribution in [0.25, 0.3) is 0 Å². The van der Waals surface area contributed by atoms with Gasteiger partial charge >= 0.3 is 0 Å². The largest absolute Gasteiger partial charge is 0.356 e. The molecule has 0 aromatic heterocycles. The lowest BCUT2D eigenvalue weighted by atomic mass is 10.1. The number of carbonyl (C=O) groups excluding carboxylic acids is 1. The second-order valence-corrected chi connectivity index (χ2v) is 8.22. The van der Waals surface area contributed by atoms with Crippen molar-refractivity contribution >= 4 is 27.3 Å². The van der Waals surface area contributed by atoms with Crippen LogP contribution >= 0.6 is 0 Å². The van der Waals surface area contributed by atoms with Gasteiger partial charge in [0.1, 0.15) is 6.04 Å². The van der Waals surface area contributed by atoms with Crippen molar-refractivity contribution in [2.45, 2.75) is 24.3 Å². The monoisotopic (exact) mass is 357 g/mol. The number of hydrogen-bond donors (Lipinski definition) is 2. The van der Waals surface area contributed by atoms with E-state index in [4.69, 9.17) is 0 Å². The Kier molecular flexibility index (Phi) is 3.97. The summed E-state index contributed by atoms with van der Waals surface area (Å²) in [6, 6.07) is 16.1. The highest BCUT2D eigenvalue weighted by Gasteiger charge is 2.41. The van der Waals surface area contributed by atoms with Gasteiger partial charge < -0.3 is 10.2 Å². The number of nitrogens with zero attached hydrogens (tertiary/aromatic N) is 1. The number of sulfonamides is 1. The Labute approximate surface area is 146 Å². The fraction of sp³-hybridized carbons (Fsp3) is 0.278. The van der Waals surface area contributed by atoms with Crippen molar-refractivity contribution in [1.29, 1.82) is 0 Å². The molecule has 25 heavy (non-hydrogen) atoms. The number of hydrogen-bond acceptors (Lipinski definition) is 4. The number of carbonyl (C=O) groups is 1. The average Bonchev–Trinajstić information content (AvgIpc) is 2.99. The zero-order chi connectivity index (χ0) is 17.4. The molecule has 6 nitrogen and oxygen atoms in total. The minimum Gasteiger partial charge on any atom is -0.356 e. The van der Waals surface area contributed by atoms with Crippen molar-refractivity contribution in [1.82, 2.24) is 4.72 Å². The fourth-order valence-electron chi connectivity index (χ4n) is 3.57. The maximum Gasteiger partial charge on any atom is 0.247 e. The second kappa shape index (κ2) is 6.16. The topological polar surface area (TPSA) is 78.5 Å². The van der Waals surface area contributed by atoms with Crippen LogP contribution in [0.1, 0.15) is 12.0 Å². The lowest BCUT2D eigenvalue weighted by Crippen LogP contribution is -2.44. The van der Waals surface area contributed by atoms with Gasteiger partial charge in [-0.1, -0.05) is 42.5 Å². The van der Waals surface area contributed by atoms with Gasteiger partial charge in [-0.3, -0.25) is 4.79 Å². The Bertz CT molecular complexity index is 899. The number of benzene rings is 2. The minimum absolute atomic E-state index is 0.0577. The highest BCUT2D eigenvalue weighted by Crippen LogP contribution is 2.36. The summed E-state index contributed by atoms with van der Waals surface area (Å²) >= 11 is 0. The Morgan fingerprint density at radius 2 is 1.80 bits per heavy atom. The molecule has 2 aromatic carbocycles. The Morgan fingerprint density at radius 1 is 1.08 bits per heavy atom. The molecule has 1 saturated heterocycles. The first-order valence-electron chi connectivity index (χ1n) is 8.22. The number of nitrogens with one attached hydrogen (secondary N) is 2. The van der Waals surface area contributed by atoms with E-state index in [1.165, 1.54) is 0 Å². The number of para-hydroxylation sites is 2. The number of fused-ring (bicyclic) bond motifs is 3. The van der Waals surface area contributed by atoms with E-state index in [1.807, 2.05) is 47.4 Å². The lowest BCUT2D eigenvalue weighted by Gasteiger charge is -2.32. The summed E-state index contributed by atoms with van der Waals surface area (Å²) in [6.45, 7) is 0.489. The Balaban J connectivity index is 1.50. The van der Waals surface area contributed by atoms with Crippen molar-refractivity contribution in [3.8, 4) is 0 Å². The fourth-order valence-corrected chi connectivity index (χ4v) is 4.96. The molecule has 4 rings (SSSR count). The normalized spacial score (nSPS) is 22.2. The molecule has 7 heteroatoms. The molecule has 2 aliphatic rings. The molecule has 2 aliphatic heterocycles. The van der Waals surface area contributed by atoms with Crippen molar-refractivity contribution in [2.24, 2.45) is 0 Å². The van der Waals surface area contributed by atoms with Gasteiger partial charge in [0.25, 0.3) is 0 Å². The van der Waals surface area contributed by atoms with E-state index in [9.17, 15) is 13.2 Å². The molecule has 0 spiro atoms. The molecule has 2 heterocycles. The number of anilines is 2. The first-order valence-corrected chi connectivity index (χ1v) is 9.87. The minimum atomic E-state index is -3.46. The molecule has 2 aromatic rings. The van der Waals surface area contributed by atoms with Crippen molar-refractivity contribution in [2.75, 3.05) is 16.8 Å². The molecule has 0 aliphatic carbocycles. The smallest absolute Gasteiger partial charge is 0.247 e. The van der Waals surface area contributed by atoms with Gasteiger partial charge in [-0.25, -0.2) is 13.1 Å². The molecule has 1 fully saturated rings. The molecule has 2 atom stereocenters. The molecule has 1 amide bonds. The third-order valence-corrected chi connectivity index (χ3v) is 6.03. The van der Waals surface area contributed by atoms with Crippen LogP contribution in [0.15, 0.2) is 54.6 Å². The van der Waals surface area contributed by atoms with E-state index in [0.29, 0.717) is 13.0 Å². The first kappa shape index (κ1) is 16.1. The second-order valence-electron chi connectivity index (χ2n) is 6.47. The zero-order valence-corrected chi connectivity index (χ0v) is 14.4.